The Labute approximate surface area is 191 Å². The van der Waals surface area contributed by atoms with E-state index >= 15 is 0 Å². The first-order chi connectivity index (χ1) is 14.9. The van der Waals surface area contributed by atoms with Crippen molar-refractivity contribution in [2.45, 2.75) is 71.1 Å². The Morgan fingerprint density at radius 1 is 1.16 bits per heavy atom. The third-order valence-electron chi connectivity index (χ3n) is 6.81. The van der Waals surface area contributed by atoms with E-state index in [0.29, 0.717) is 18.4 Å². The van der Waals surface area contributed by atoms with E-state index in [1.54, 1.807) is 27.6 Å². The molecule has 0 aromatic carbocycles. The molecule has 1 amide bonds. The van der Waals surface area contributed by atoms with E-state index in [4.69, 9.17) is 0 Å². The maximum Gasteiger partial charge on any atom is 0.232 e. The van der Waals surface area contributed by atoms with Crippen molar-refractivity contribution in [3.05, 3.63) is 49.7 Å². The molecule has 0 unspecified atom stereocenters. The molecule has 2 aliphatic carbocycles. The zero-order valence-electron chi connectivity index (χ0n) is 18.0. The largest absolute Gasteiger partial charge is 0.294 e. The molecule has 0 N–H and O–H groups in total. The third kappa shape index (κ3) is 3.48. The van der Waals surface area contributed by atoms with Crippen molar-refractivity contribution in [1.29, 1.82) is 5.26 Å². The molecule has 1 atom stereocenters. The van der Waals surface area contributed by atoms with Crippen molar-refractivity contribution >= 4 is 39.4 Å². The zero-order chi connectivity index (χ0) is 21.8. The van der Waals surface area contributed by atoms with Gasteiger partial charge in [0.1, 0.15) is 11.1 Å². The summed E-state index contributed by atoms with van der Waals surface area (Å²) in [6.45, 7) is 4.20. The molecule has 5 rings (SSSR count). The Morgan fingerprint density at radius 3 is 2.71 bits per heavy atom. The number of aryl methyl sites for hydroxylation is 1. The van der Waals surface area contributed by atoms with Crippen LogP contribution in [0.1, 0.15) is 79.9 Å². The van der Waals surface area contributed by atoms with Gasteiger partial charge in [0.05, 0.1) is 5.56 Å². The van der Waals surface area contributed by atoms with Crippen molar-refractivity contribution in [2.24, 2.45) is 5.41 Å². The van der Waals surface area contributed by atoms with E-state index < -0.39 is 0 Å². The Hall–Kier alpha value is -2.23. The van der Waals surface area contributed by atoms with Gasteiger partial charge in [0.25, 0.3) is 0 Å². The summed E-state index contributed by atoms with van der Waals surface area (Å²) in [6, 6.07) is 4.46. The molecule has 0 fully saturated rings. The quantitative estimate of drug-likeness (QED) is 0.518. The summed E-state index contributed by atoms with van der Waals surface area (Å²) in [5, 5.41) is 14.9. The lowest BCUT2D eigenvalue weighted by molar-refractivity contribution is -0.120. The Balaban J connectivity index is 1.70. The predicted molar refractivity (Wildman–Crippen MR) is 125 cm³/mol. The van der Waals surface area contributed by atoms with E-state index in [9.17, 15) is 14.9 Å². The maximum atomic E-state index is 13.6. The highest BCUT2D eigenvalue weighted by molar-refractivity contribution is 7.16. The smallest absolute Gasteiger partial charge is 0.232 e. The Morgan fingerprint density at radius 2 is 1.97 bits per heavy atom. The van der Waals surface area contributed by atoms with Crippen molar-refractivity contribution in [1.82, 2.24) is 0 Å². The lowest BCUT2D eigenvalue weighted by Gasteiger charge is -2.42. The number of Topliss-reactive ketones (excluding diaryl/α,β-unsaturated/α-hetero) is 1. The number of anilines is 1. The van der Waals surface area contributed by atoms with E-state index in [-0.39, 0.29) is 29.4 Å². The van der Waals surface area contributed by atoms with Crippen molar-refractivity contribution in [3.8, 4) is 6.07 Å². The molecular weight excluding hydrogens is 424 g/mol. The molecule has 6 heteroatoms. The van der Waals surface area contributed by atoms with Gasteiger partial charge in [-0.25, -0.2) is 0 Å². The van der Waals surface area contributed by atoms with Crippen LogP contribution in [0.4, 0.5) is 5.00 Å². The van der Waals surface area contributed by atoms with E-state index in [1.165, 1.54) is 11.3 Å². The van der Waals surface area contributed by atoms with Crippen LogP contribution in [0.25, 0.3) is 0 Å². The molecule has 3 aliphatic rings. The lowest BCUT2D eigenvalue weighted by Crippen LogP contribution is -2.43. The highest BCUT2D eigenvalue weighted by Crippen LogP contribution is 2.51. The van der Waals surface area contributed by atoms with Crippen LogP contribution < -0.4 is 4.90 Å². The van der Waals surface area contributed by atoms with Gasteiger partial charge >= 0.3 is 0 Å². The second kappa shape index (κ2) is 7.72. The predicted octanol–water partition coefficient (Wildman–Crippen LogP) is 6.11. The lowest BCUT2D eigenvalue weighted by atomic mass is 9.69. The van der Waals surface area contributed by atoms with Gasteiger partial charge in [0.15, 0.2) is 5.78 Å². The highest BCUT2D eigenvalue weighted by Gasteiger charge is 2.45. The summed E-state index contributed by atoms with van der Waals surface area (Å²) in [4.78, 5) is 30.0. The van der Waals surface area contributed by atoms with Gasteiger partial charge in [-0.3, -0.25) is 14.5 Å². The average Bonchev–Trinajstić information content (AvgIpc) is 3.29. The number of allylic oxidation sites excluding steroid dienone is 2. The average molecular weight is 451 g/mol. The van der Waals surface area contributed by atoms with Crippen LogP contribution >= 0.6 is 22.7 Å². The number of rotatable bonds is 2. The topological polar surface area (TPSA) is 61.2 Å². The highest BCUT2D eigenvalue weighted by atomic mass is 32.1. The fourth-order valence-electron chi connectivity index (χ4n) is 5.41. The molecule has 4 nitrogen and oxygen atoms in total. The van der Waals surface area contributed by atoms with Gasteiger partial charge in [-0.1, -0.05) is 20.3 Å². The van der Waals surface area contributed by atoms with Gasteiger partial charge in [0, 0.05) is 34.9 Å². The van der Waals surface area contributed by atoms with Crippen LogP contribution in [-0.4, -0.2) is 11.7 Å². The summed E-state index contributed by atoms with van der Waals surface area (Å²) in [7, 11) is 0. The number of fused-ring (bicyclic) bond motifs is 1. The standard InChI is InChI=1S/C25H26N2O2S2/c1-25(2)11-19-23(20(28)12-25)17(15-8-9-30-14-15)10-22(29)27(19)24-18(13-26)16-6-4-3-5-7-21(16)31-24/h8-9,14,17H,3-7,10-12H2,1-2H3/t17-/m1/s1. The van der Waals surface area contributed by atoms with Crippen LogP contribution in [0, 0.1) is 16.7 Å². The molecule has 2 aromatic rings. The van der Waals surface area contributed by atoms with Crippen LogP contribution in [0.3, 0.4) is 0 Å². The second-order valence-electron chi connectivity index (χ2n) is 9.70. The molecule has 1 aliphatic heterocycles. The van der Waals surface area contributed by atoms with Gasteiger partial charge in [-0.05, 0) is 65.5 Å². The van der Waals surface area contributed by atoms with Gasteiger partial charge in [-0.15, -0.1) is 11.3 Å². The number of nitriles is 1. The summed E-state index contributed by atoms with van der Waals surface area (Å²) in [6.07, 6.45) is 6.75. The molecule has 3 heterocycles. The van der Waals surface area contributed by atoms with Crippen molar-refractivity contribution in [3.63, 3.8) is 0 Å². The van der Waals surface area contributed by atoms with Crippen molar-refractivity contribution < 1.29 is 9.59 Å². The number of carbonyl (C=O) groups excluding carboxylic acids is 2. The first-order valence-corrected chi connectivity index (χ1v) is 12.8. The number of carbonyl (C=O) groups is 2. The molecule has 0 saturated carbocycles. The molecule has 0 saturated heterocycles. The number of hydrogen-bond acceptors (Lipinski definition) is 5. The second-order valence-corrected chi connectivity index (χ2v) is 11.6. The monoisotopic (exact) mass is 450 g/mol. The summed E-state index contributed by atoms with van der Waals surface area (Å²) in [5.41, 5.74) is 4.28. The van der Waals surface area contributed by atoms with Gasteiger partial charge in [0.2, 0.25) is 5.91 Å². The SMILES string of the molecule is CC1(C)CC(=O)C2=C(C1)N(c1sc3c(c1C#N)CCCCC3)C(=O)C[C@@H]2c1ccsc1. The Bertz CT molecular complexity index is 1130. The van der Waals surface area contributed by atoms with Crippen molar-refractivity contribution in [2.75, 3.05) is 4.90 Å². The minimum absolute atomic E-state index is 0.00774. The van der Waals surface area contributed by atoms with E-state index in [2.05, 4.69) is 25.3 Å². The number of thiophene rings is 2. The third-order valence-corrected chi connectivity index (χ3v) is 8.78. The first-order valence-electron chi connectivity index (χ1n) is 11.1. The number of nitrogens with zero attached hydrogens (tertiary/aromatic N) is 2. The molecule has 2 aromatic heterocycles. The van der Waals surface area contributed by atoms with E-state index in [0.717, 1.165) is 53.1 Å². The van der Waals surface area contributed by atoms with Gasteiger partial charge in [-0.2, -0.15) is 16.6 Å². The van der Waals surface area contributed by atoms with Crippen LogP contribution in [0.2, 0.25) is 0 Å². The Kier molecular flexibility index (Phi) is 5.15. The van der Waals surface area contributed by atoms with Crippen LogP contribution in [0.15, 0.2) is 28.1 Å². The maximum absolute atomic E-state index is 13.6. The fourth-order valence-corrected chi connectivity index (χ4v) is 7.51. The minimum atomic E-state index is -0.202. The number of amides is 1. The molecule has 0 spiro atoms. The summed E-state index contributed by atoms with van der Waals surface area (Å²) >= 11 is 3.20. The molecular formula is C25H26N2O2S2. The van der Waals surface area contributed by atoms with Gasteiger partial charge < -0.3 is 0 Å². The fraction of sp³-hybridized carbons (Fsp3) is 0.480. The molecule has 0 radical (unpaired) electrons. The summed E-state index contributed by atoms with van der Waals surface area (Å²) in [5.74, 6) is -0.0122. The molecule has 160 valence electrons. The minimum Gasteiger partial charge on any atom is -0.294 e. The summed E-state index contributed by atoms with van der Waals surface area (Å²) < 4.78 is 0. The number of hydrogen-bond donors (Lipinski definition) is 0. The normalized spacial score (nSPS) is 23.3. The number of ketones is 1. The van der Waals surface area contributed by atoms with Crippen LogP contribution in [0.5, 0.6) is 0 Å². The van der Waals surface area contributed by atoms with Crippen LogP contribution in [-0.2, 0) is 22.4 Å². The molecule has 0 bridgehead atoms. The first kappa shape index (κ1) is 20.7. The molecule has 31 heavy (non-hydrogen) atoms. The zero-order valence-corrected chi connectivity index (χ0v) is 19.6. The van der Waals surface area contributed by atoms with E-state index in [1.807, 2.05) is 11.4 Å².